The maximum absolute atomic E-state index is 13.4. The third kappa shape index (κ3) is 3.74. The largest absolute Gasteiger partial charge is 0.497 e. The van der Waals surface area contributed by atoms with E-state index in [-0.39, 0.29) is 23.8 Å². The lowest BCUT2D eigenvalue weighted by Crippen LogP contribution is -2.37. The summed E-state index contributed by atoms with van der Waals surface area (Å²) < 4.78 is 5.25. The second kappa shape index (κ2) is 8.27. The van der Waals surface area contributed by atoms with E-state index in [1.165, 1.54) is 0 Å². The average molecular weight is 392 g/mol. The van der Waals surface area contributed by atoms with Gasteiger partial charge in [0.25, 0.3) is 0 Å². The normalized spacial score (nSPS) is 21.7. The molecule has 2 aliphatic rings. The first kappa shape index (κ1) is 19.5. The lowest BCUT2D eigenvalue weighted by atomic mass is 10.0. The van der Waals surface area contributed by atoms with Crippen LogP contribution in [0.15, 0.2) is 48.5 Å². The third-order valence-corrected chi connectivity index (χ3v) is 6.17. The summed E-state index contributed by atoms with van der Waals surface area (Å²) in [6.07, 6.45) is 3.11. The number of likely N-dealkylation sites (tertiary alicyclic amines) is 1. The van der Waals surface area contributed by atoms with Crippen LogP contribution in [0.2, 0.25) is 0 Å². The van der Waals surface area contributed by atoms with Crippen LogP contribution in [-0.4, -0.2) is 36.9 Å². The van der Waals surface area contributed by atoms with Gasteiger partial charge < -0.3 is 14.5 Å². The van der Waals surface area contributed by atoms with E-state index in [1.54, 1.807) is 12.0 Å². The molecule has 2 fully saturated rings. The van der Waals surface area contributed by atoms with Crippen molar-refractivity contribution >= 4 is 17.5 Å². The van der Waals surface area contributed by atoms with Gasteiger partial charge in [0.2, 0.25) is 11.8 Å². The zero-order chi connectivity index (χ0) is 20.4. The van der Waals surface area contributed by atoms with Crippen LogP contribution < -0.4 is 9.64 Å². The molecule has 2 aliphatic heterocycles. The van der Waals surface area contributed by atoms with Gasteiger partial charge in [-0.2, -0.15) is 0 Å². The van der Waals surface area contributed by atoms with Gasteiger partial charge in [0.05, 0.1) is 19.1 Å². The summed E-state index contributed by atoms with van der Waals surface area (Å²) in [4.78, 5) is 29.9. The number of aryl methyl sites for hydroxylation is 1. The Morgan fingerprint density at radius 1 is 1.14 bits per heavy atom. The van der Waals surface area contributed by atoms with Crippen molar-refractivity contribution < 1.29 is 14.3 Å². The predicted octanol–water partition coefficient (Wildman–Crippen LogP) is 3.97. The first-order valence-corrected chi connectivity index (χ1v) is 10.4. The lowest BCUT2D eigenvalue weighted by Gasteiger charge is -2.28. The van der Waals surface area contributed by atoms with Crippen LogP contribution >= 0.6 is 0 Å². The van der Waals surface area contributed by atoms with Crippen molar-refractivity contribution in [3.63, 3.8) is 0 Å². The van der Waals surface area contributed by atoms with Gasteiger partial charge in [-0.05, 0) is 48.6 Å². The van der Waals surface area contributed by atoms with Gasteiger partial charge in [-0.25, -0.2) is 0 Å². The number of carbonyl (C=O) groups is 2. The number of hydrogen-bond donors (Lipinski definition) is 0. The molecule has 2 amide bonds. The molecule has 4 rings (SSSR count). The lowest BCUT2D eigenvalue weighted by molar-refractivity contribution is -0.136. The van der Waals surface area contributed by atoms with Gasteiger partial charge in [-0.1, -0.05) is 37.3 Å². The summed E-state index contributed by atoms with van der Waals surface area (Å²) >= 11 is 0. The fraction of sp³-hybridized carbons (Fsp3) is 0.417. The van der Waals surface area contributed by atoms with Crippen LogP contribution in [0.3, 0.4) is 0 Å². The van der Waals surface area contributed by atoms with Crippen LogP contribution in [-0.2, 0) is 16.0 Å². The topological polar surface area (TPSA) is 49.9 Å². The van der Waals surface area contributed by atoms with Gasteiger partial charge in [0.1, 0.15) is 5.75 Å². The summed E-state index contributed by atoms with van der Waals surface area (Å²) in [5.41, 5.74) is 3.23. The molecule has 5 heteroatoms. The number of anilines is 1. The van der Waals surface area contributed by atoms with Gasteiger partial charge in [-0.15, -0.1) is 0 Å². The molecule has 29 heavy (non-hydrogen) atoms. The van der Waals surface area contributed by atoms with Crippen LogP contribution in [0.25, 0.3) is 0 Å². The van der Waals surface area contributed by atoms with E-state index >= 15 is 0 Å². The van der Waals surface area contributed by atoms with Crippen molar-refractivity contribution in [1.82, 2.24) is 4.90 Å². The molecule has 152 valence electrons. The van der Waals surface area contributed by atoms with Crippen LogP contribution in [0, 0.1) is 5.92 Å². The van der Waals surface area contributed by atoms with Crippen molar-refractivity contribution in [1.29, 1.82) is 0 Å². The van der Waals surface area contributed by atoms with E-state index in [4.69, 9.17) is 4.74 Å². The smallest absolute Gasteiger partial charge is 0.228 e. The number of benzene rings is 2. The molecule has 2 heterocycles. The summed E-state index contributed by atoms with van der Waals surface area (Å²) in [5.74, 6) is 0.695. The van der Waals surface area contributed by atoms with Crippen LogP contribution in [0.1, 0.15) is 43.4 Å². The first-order chi connectivity index (χ1) is 14.1. The number of para-hydroxylation sites is 1. The monoisotopic (exact) mass is 392 g/mol. The average Bonchev–Trinajstić information content (AvgIpc) is 3.40. The van der Waals surface area contributed by atoms with Gasteiger partial charge >= 0.3 is 0 Å². The Morgan fingerprint density at radius 2 is 1.90 bits per heavy atom. The molecule has 0 bridgehead atoms. The molecule has 2 saturated heterocycles. The molecule has 2 aromatic carbocycles. The number of rotatable bonds is 5. The molecule has 0 N–H and O–H groups in total. The van der Waals surface area contributed by atoms with E-state index in [0.29, 0.717) is 13.0 Å². The summed E-state index contributed by atoms with van der Waals surface area (Å²) in [6.45, 7) is 3.32. The highest BCUT2D eigenvalue weighted by Crippen LogP contribution is 2.36. The molecule has 0 spiro atoms. The standard InChI is InChI=1S/C24H28N2O3/c1-3-17-7-4-5-8-21(17)26-16-19(15-23(26)27)24(28)25-14-6-9-22(25)18-10-12-20(29-2)13-11-18/h4-5,7-8,10-13,19,22H,3,6,9,14-16H2,1-2H3. The van der Waals surface area contributed by atoms with Crippen molar-refractivity contribution in [3.8, 4) is 5.75 Å². The molecular formula is C24H28N2O3. The second-order valence-corrected chi connectivity index (χ2v) is 7.85. The Labute approximate surface area is 172 Å². The van der Waals surface area contributed by atoms with Crippen molar-refractivity contribution in [2.75, 3.05) is 25.1 Å². The maximum atomic E-state index is 13.4. The van der Waals surface area contributed by atoms with E-state index < -0.39 is 0 Å². The highest BCUT2D eigenvalue weighted by Gasteiger charge is 2.40. The van der Waals surface area contributed by atoms with Crippen molar-refractivity contribution in [3.05, 3.63) is 59.7 Å². The second-order valence-electron chi connectivity index (χ2n) is 7.85. The van der Waals surface area contributed by atoms with E-state index in [0.717, 1.165) is 48.4 Å². The maximum Gasteiger partial charge on any atom is 0.228 e. The minimum absolute atomic E-state index is 0.0458. The molecule has 2 aromatic rings. The Kier molecular flexibility index (Phi) is 5.56. The minimum atomic E-state index is -0.272. The summed E-state index contributed by atoms with van der Waals surface area (Å²) in [6, 6.07) is 16.0. The zero-order valence-electron chi connectivity index (χ0n) is 17.1. The minimum Gasteiger partial charge on any atom is -0.497 e. The molecule has 0 aromatic heterocycles. The van der Waals surface area contributed by atoms with Crippen LogP contribution in [0.4, 0.5) is 5.69 Å². The predicted molar refractivity (Wildman–Crippen MR) is 113 cm³/mol. The van der Waals surface area contributed by atoms with Gasteiger partial charge in [0.15, 0.2) is 0 Å². The Morgan fingerprint density at radius 3 is 2.62 bits per heavy atom. The number of nitrogens with zero attached hydrogens (tertiary/aromatic N) is 2. The highest BCUT2D eigenvalue weighted by molar-refractivity contribution is 6.01. The van der Waals surface area contributed by atoms with Gasteiger partial charge in [0, 0.05) is 25.2 Å². The van der Waals surface area contributed by atoms with E-state index in [1.807, 2.05) is 47.4 Å². The van der Waals surface area contributed by atoms with E-state index in [2.05, 4.69) is 13.0 Å². The zero-order valence-corrected chi connectivity index (χ0v) is 17.1. The van der Waals surface area contributed by atoms with Crippen molar-refractivity contribution in [2.45, 2.75) is 38.6 Å². The Bertz CT molecular complexity index is 893. The number of amides is 2. The molecule has 2 unspecified atom stereocenters. The number of methoxy groups -OCH3 is 1. The molecule has 0 aliphatic carbocycles. The summed E-state index contributed by atoms with van der Waals surface area (Å²) in [7, 11) is 1.65. The quantitative estimate of drug-likeness (QED) is 0.774. The Balaban J connectivity index is 1.51. The third-order valence-electron chi connectivity index (χ3n) is 6.17. The highest BCUT2D eigenvalue weighted by atomic mass is 16.5. The molecular weight excluding hydrogens is 364 g/mol. The molecule has 0 saturated carbocycles. The fourth-order valence-corrected chi connectivity index (χ4v) is 4.62. The molecule has 0 radical (unpaired) electrons. The number of carbonyl (C=O) groups excluding carboxylic acids is 2. The first-order valence-electron chi connectivity index (χ1n) is 10.4. The molecule has 2 atom stereocenters. The summed E-state index contributed by atoms with van der Waals surface area (Å²) in [5, 5.41) is 0. The number of ether oxygens (including phenoxy) is 1. The number of hydrogen-bond acceptors (Lipinski definition) is 3. The fourth-order valence-electron chi connectivity index (χ4n) is 4.62. The van der Waals surface area contributed by atoms with Crippen molar-refractivity contribution in [2.24, 2.45) is 5.92 Å². The Hall–Kier alpha value is -2.82. The van der Waals surface area contributed by atoms with Gasteiger partial charge in [-0.3, -0.25) is 9.59 Å². The van der Waals surface area contributed by atoms with E-state index in [9.17, 15) is 9.59 Å². The van der Waals surface area contributed by atoms with Crippen LogP contribution in [0.5, 0.6) is 5.75 Å². The SMILES string of the molecule is CCc1ccccc1N1CC(C(=O)N2CCCC2c2ccc(OC)cc2)CC1=O. The molecule has 5 nitrogen and oxygen atoms in total.